The van der Waals surface area contributed by atoms with E-state index in [1.165, 1.54) is 0 Å². The smallest absolute Gasteiger partial charge is 0.291 e. The van der Waals surface area contributed by atoms with E-state index in [9.17, 15) is 8.42 Å². The van der Waals surface area contributed by atoms with Gasteiger partial charge in [-0.25, -0.2) is 0 Å². The fourth-order valence-corrected chi connectivity index (χ4v) is 3.06. The van der Waals surface area contributed by atoms with Gasteiger partial charge in [-0.1, -0.05) is 12.1 Å². The third kappa shape index (κ3) is 5.35. The Hall–Kier alpha value is -1.35. The highest BCUT2D eigenvalue weighted by Crippen LogP contribution is 2.28. The molecule has 7 nitrogen and oxygen atoms in total. The number of methoxy groups -OCH3 is 1. The van der Waals surface area contributed by atoms with E-state index in [4.69, 9.17) is 9.84 Å². The van der Waals surface area contributed by atoms with Gasteiger partial charge in [-0.2, -0.15) is 8.42 Å². The van der Waals surface area contributed by atoms with Crippen LogP contribution in [0.5, 0.6) is 5.75 Å². The number of nitrogens with zero attached hydrogens (tertiary/aromatic N) is 2. The molecule has 0 aromatic heterocycles. The van der Waals surface area contributed by atoms with Gasteiger partial charge in [0.05, 0.1) is 19.4 Å². The first kappa shape index (κ1) is 18.0. The summed E-state index contributed by atoms with van der Waals surface area (Å²) in [4.78, 5) is 4.57. The van der Waals surface area contributed by atoms with Gasteiger partial charge in [0.15, 0.2) is 5.94 Å². The average molecular weight is 344 g/mol. The number of piperazine rings is 1. The summed E-state index contributed by atoms with van der Waals surface area (Å²) >= 11 is 0. The van der Waals surface area contributed by atoms with Crippen molar-refractivity contribution in [3.8, 4) is 5.75 Å². The van der Waals surface area contributed by atoms with Crippen LogP contribution in [0.2, 0.25) is 0 Å². The predicted octanol–water partition coefficient (Wildman–Crippen LogP) is 0.504. The summed E-state index contributed by atoms with van der Waals surface area (Å²) in [6, 6.07) is 7.98. The molecule has 0 bridgehead atoms. The second-order valence-corrected chi connectivity index (χ2v) is 6.97. The Bertz CT molecular complexity index is 585. The molecule has 1 saturated heterocycles. The van der Waals surface area contributed by atoms with E-state index in [-0.39, 0.29) is 6.61 Å². The molecule has 0 unspecified atom stereocenters. The number of para-hydroxylation sites is 2. The quantitative estimate of drug-likeness (QED) is 0.543. The number of rotatable bonds is 8. The van der Waals surface area contributed by atoms with Crippen molar-refractivity contribution in [2.45, 2.75) is 6.42 Å². The van der Waals surface area contributed by atoms with Crippen molar-refractivity contribution in [3.05, 3.63) is 24.3 Å². The summed E-state index contributed by atoms with van der Waals surface area (Å²) in [5.41, 5.74) is 1.10. The van der Waals surface area contributed by atoms with Crippen LogP contribution in [-0.4, -0.2) is 70.8 Å². The van der Waals surface area contributed by atoms with Crippen LogP contribution in [0.25, 0.3) is 0 Å². The third-order valence-corrected chi connectivity index (χ3v) is 4.68. The largest absolute Gasteiger partial charge is 0.495 e. The maximum atomic E-state index is 11.0. The Morgan fingerprint density at radius 3 is 2.52 bits per heavy atom. The number of aliphatic hydroxyl groups is 1. The topological polar surface area (TPSA) is 79.3 Å². The highest BCUT2D eigenvalue weighted by Gasteiger charge is 2.19. The maximum Gasteiger partial charge on any atom is 0.291 e. The molecule has 0 atom stereocenters. The van der Waals surface area contributed by atoms with E-state index < -0.39 is 16.1 Å². The molecule has 0 amide bonds. The minimum absolute atomic E-state index is 0.107. The molecule has 2 rings (SSSR count). The summed E-state index contributed by atoms with van der Waals surface area (Å²) < 4.78 is 32.1. The average Bonchev–Trinajstić information content (AvgIpc) is 2.59. The highest BCUT2D eigenvalue weighted by atomic mass is 32.2. The standard InChI is InChI=1S/C15H24N2O5S/c1-21-15-6-3-2-5-14(15)17-10-8-16(9-11-17)7-4-12-22-23(19,20)13-18/h2-3,5-6,18H,4,7-13H2,1H3. The van der Waals surface area contributed by atoms with Crippen molar-refractivity contribution in [3.63, 3.8) is 0 Å². The van der Waals surface area contributed by atoms with E-state index in [1.807, 2.05) is 18.2 Å². The van der Waals surface area contributed by atoms with Gasteiger partial charge < -0.3 is 14.7 Å². The van der Waals surface area contributed by atoms with Crippen LogP contribution in [-0.2, 0) is 14.3 Å². The Morgan fingerprint density at radius 2 is 1.87 bits per heavy atom. The lowest BCUT2D eigenvalue weighted by Crippen LogP contribution is -2.46. The second kappa shape index (κ2) is 8.49. The van der Waals surface area contributed by atoms with E-state index >= 15 is 0 Å². The molecule has 1 N–H and O–H groups in total. The Morgan fingerprint density at radius 1 is 1.17 bits per heavy atom. The van der Waals surface area contributed by atoms with Gasteiger partial charge in [0.25, 0.3) is 10.1 Å². The first-order chi connectivity index (χ1) is 11.1. The lowest BCUT2D eigenvalue weighted by atomic mass is 10.2. The lowest BCUT2D eigenvalue weighted by Gasteiger charge is -2.36. The molecule has 0 saturated carbocycles. The molecule has 1 aromatic rings. The van der Waals surface area contributed by atoms with Crippen molar-refractivity contribution in [2.75, 3.05) is 57.3 Å². The molecule has 8 heteroatoms. The van der Waals surface area contributed by atoms with Crippen LogP contribution in [0.15, 0.2) is 24.3 Å². The van der Waals surface area contributed by atoms with Gasteiger partial charge in [0.2, 0.25) is 0 Å². The number of ether oxygens (including phenoxy) is 1. The fraction of sp³-hybridized carbons (Fsp3) is 0.600. The lowest BCUT2D eigenvalue weighted by molar-refractivity contribution is 0.221. The molecule has 0 aliphatic carbocycles. The van der Waals surface area contributed by atoms with Gasteiger partial charge in [0, 0.05) is 32.7 Å². The molecule has 1 aliphatic heterocycles. The SMILES string of the molecule is COc1ccccc1N1CCN(CCCOS(=O)(=O)CO)CC1. The number of anilines is 1. The number of hydrogen-bond donors (Lipinski definition) is 1. The zero-order chi connectivity index (χ0) is 16.7. The molecule has 1 aliphatic rings. The van der Waals surface area contributed by atoms with Crippen LogP contribution >= 0.6 is 0 Å². The minimum atomic E-state index is -3.76. The molecule has 130 valence electrons. The van der Waals surface area contributed by atoms with Gasteiger partial charge in [-0.05, 0) is 18.6 Å². The molecular weight excluding hydrogens is 320 g/mol. The number of aliphatic hydroxyl groups excluding tert-OH is 1. The van der Waals surface area contributed by atoms with Crippen LogP contribution in [0.1, 0.15) is 6.42 Å². The zero-order valence-corrected chi connectivity index (χ0v) is 14.2. The van der Waals surface area contributed by atoms with Crippen LogP contribution in [0.3, 0.4) is 0 Å². The molecule has 1 fully saturated rings. The maximum absolute atomic E-state index is 11.0. The molecule has 0 radical (unpaired) electrons. The van der Waals surface area contributed by atoms with Crippen molar-refractivity contribution < 1.29 is 22.4 Å². The molecule has 1 aromatic carbocycles. The Kier molecular flexibility index (Phi) is 6.64. The monoisotopic (exact) mass is 344 g/mol. The summed E-state index contributed by atoms with van der Waals surface area (Å²) in [5, 5.41) is 8.58. The Balaban J connectivity index is 1.74. The van der Waals surface area contributed by atoms with E-state index in [1.54, 1.807) is 7.11 Å². The molecular formula is C15H24N2O5S. The normalized spacial score (nSPS) is 16.5. The van der Waals surface area contributed by atoms with Crippen LogP contribution < -0.4 is 9.64 Å². The zero-order valence-electron chi connectivity index (χ0n) is 13.3. The van der Waals surface area contributed by atoms with Crippen molar-refractivity contribution in [2.24, 2.45) is 0 Å². The van der Waals surface area contributed by atoms with Crippen molar-refractivity contribution in [1.82, 2.24) is 4.90 Å². The highest BCUT2D eigenvalue weighted by molar-refractivity contribution is 7.86. The summed E-state index contributed by atoms with van der Waals surface area (Å²) in [5.74, 6) is -0.0894. The summed E-state index contributed by atoms with van der Waals surface area (Å²) in [6.07, 6.45) is 0.619. The van der Waals surface area contributed by atoms with Crippen LogP contribution in [0.4, 0.5) is 5.69 Å². The van der Waals surface area contributed by atoms with Gasteiger partial charge in [0.1, 0.15) is 5.75 Å². The molecule has 0 spiro atoms. The fourth-order valence-electron chi connectivity index (χ4n) is 2.61. The summed E-state index contributed by atoms with van der Waals surface area (Å²) in [6.45, 7) is 4.50. The first-order valence-electron chi connectivity index (χ1n) is 7.64. The van der Waals surface area contributed by atoms with Crippen LogP contribution in [0, 0.1) is 0 Å². The summed E-state index contributed by atoms with van der Waals surface area (Å²) in [7, 11) is -2.08. The minimum Gasteiger partial charge on any atom is -0.495 e. The first-order valence-corrected chi connectivity index (χ1v) is 9.22. The Labute approximate surface area is 137 Å². The van der Waals surface area contributed by atoms with E-state index in [0.29, 0.717) is 6.42 Å². The number of hydrogen-bond acceptors (Lipinski definition) is 7. The molecule has 23 heavy (non-hydrogen) atoms. The third-order valence-electron chi connectivity index (χ3n) is 3.84. The molecule has 1 heterocycles. The van der Waals surface area contributed by atoms with Crippen molar-refractivity contribution >= 4 is 15.8 Å². The van der Waals surface area contributed by atoms with Crippen molar-refractivity contribution in [1.29, 1.82) is 0 Å². The van der Waals surface area contributed by atoms with Gasteiger partial charge in [-0.15, -0.1) is 0 Å². The second-order valence-electron chi connectivity index (χ2n) is 5.36. The van der Waals surface area contributed by atoms with E-state index in [0.717, 1.165) is 44.2 Å². The predicted molar refractivity (Wildman–Crippen MR) is 88.2 cm³/mol. The van der Waals surface area contributed by atoms with Gasteiger partial charge in [-0.3, -0.25) is 9.08 Å². The number of benzene rings is 1. The van der Waals surface area contributed by atoms with E-state index in [2.05, 4.69) is 20.0 Å². The van der Waals surface area contributed by atoms with Gasteiger partial charge >= 0.3 is 0 Å².